The van der Waals surface area contributed by atoms with Crippen LogP contribution in [0.2, 0.25) is 0 Å². The maximum atomic E-state index is 14.4. The van der Waals surface area contributed by atoms with Crippen LogP contribution in [0, 0.1) is 15.9 Å². The smallest absolute Gasteiger partial charge is 0.294 e. The summed E-state index contributed by atoms with van der Waals surface area (Å²) < 4.78 is 16.3. The monoisotopic (exact) mass is 635 g/mol. The van der Waals surface area contributed by atoms with Crippen molar-refractivity contribution in [1.82, 2.24) is 9.88 Å². The Bertz CT molecular complexity index is 1820. The standard InChI is InChI=1S/C30H27BrFN5O5/c1-3-18-19-7-5-4-6-15(19)10-23(35-27-22(30(40)34-2)11-16(31)12-25(27)37(41)42)28(18)36-24-9-8-17(32)13-20(24)21(29(33)39)14-26(36)38/h4-9,11-14,18,23,28,35H,3,10H2,1-2H3,(H2,33,39)(H,34,40)/t18?,23-,28+/m1/s1. The van der Waals surface area contributed by atoms with Crippen LogP contribution in [0.5, 0.6) is 0 Å². The number of hydrogen-bond donors (Lipinski definition) is 3. The van der Waals surface area contributed by atoms with Gasteiger partial charge in [0.2, 0.25) is 5.91 Å². The van der Waals surface area contributed by atoms with Crippen LogP contribution >= 0.6 is 15.9 Å². The van der Waals surface area contributed by atoms with Crippen molar-refractivity contribution in [1.29, 1.82) is 0 Å². The first-order valence-electron chi connectivity index (χ1n) is 13.2. The molecular weight excluding hydrogens is 609 g/mol. The number of rotatable bonds is 7. The molecule has 4 aromatic rings. The topological polar surface area (TPSA) is 149 Å². The van der Waals surface area contributed by atoms with Crippen LogP contribution in [-0.4, -0.2) is 34.4 Å². The largest absolute Gasteiger partial charge is 0.374 e. The minimum Gasteiger partial charge on any atom is -0.374 e. The molecule has 0 fully saturated rings. The van der Waals surface area contributed by atoms with E-state index in [0.29, 0.717) is 22.8 Å². The van der Waals surface area contributed by atoms with Gasteiger partial charge >= 0.3 is 0 Å². The fourth-order valence-corrected chi connectivity index (χ4v) is 6.53. The van der Waals surface area contributed by atoms with Gasteiger partial charge in [-0.25, -0.2) is 4.39 Å². The molecule has 1 aliphatic rings. The quantitative estimate of drug-likeness (QED) is 0.191. The van der Waals surface area contributed by atoms with Crippen LogP contribution in [0.4, 0.5) is 15.8 Å². The zero-order chi connectivity index (χ0) is 30.3. The highest BCUT2D eigenvalue weighted by molar-refractivity contribution is 9.10. The van der Waals surface area contributed by atoms with Crippen molar-refractivity contribution in [3.8, 4) is 0 Å². The van der Waals surface area contributed by atoms with E-state index >= 15 is 0 Å². The minimum absolute atomic E-state index is 0.00365. The Morgan fingerprint density at radius 1 is 1.14 bits per heavy atom. The van der Waals surface area contributed by atoms with Gasteiger partial charge in [0.25, 0.3) is 17.2 Å². The first kappa shape index (κ1) is 28.9. The maximum absolute atomic E-state index is 14.4. The van der Waals surface area contributed by atoms with E-state index in [0.717, 1.165) is 23.3 Å². The molecule has 5 rings (SSSR count). The van der Waals surface area contributed by atoms with Gasteiger partial charge < -0.3 is 20.9 Å². The third-order valence-corrected chi connectivity index (χ3v) is 8.27. The number of amides is 2. The molecule has 0 aliphatic heterocycles. The third kappa shape index (κ3) is 5.02. The Balaban J connectivity index is 1.81. The van der Waals surface area contributed by atoms with Crippen molar-refractivity contribution < 1.29 is 18.9 Å². The highest BCUT2D eigenvalue weighted by Crippen LogP contribution is 2.45. The van der Waals surface area contributed by atoms with Gasteiger partial charge in [-0.1, -0.05) is 47.1 Å². The number of nitro benzene ring substituents is 1. The fourth-order valence-electron chi connectivity index (χ4n) is 6.08. The van der Waals surface area contributed by atoms with Gasteiger partial charge in [0.05, 0.1) is 33.7 Å². The summed E-state index contributed by atoms with van der Waals surface area (Å²) in [5.41, 5.74) is 6.93. The number of carbonyl (C=O) groups excluding carboxylic acids is 2. The van der Waals surface area contributed by atoms with Gasteiger partial charge in [-0.05, 0) is 48.2 Å². The molecule has 0 saturated heterocycles. The normalized spacial score (nSPS) is 17.9. The summed E-state index contributed by atoms with van der Waals surface area (Å²) in [5, 5.41) is 18.2. The molecule has 1 aliphatic carbocycles. The van der Waals surface area contributed by atoms with Crippen molar-refractivity contribution in [3.63, 3.8) is 0 Å². The molecule has 0 saturated carbocycles. The molecule has 42 heavy (non-hydrogen) atoms. The van der Waals surface area contributed by atoms with E-state index in [-0.39, 0.29) is 33.8 Å². The maximum Gasteiger partial charge on any atom is 0.294 e. The van der Waals surface area contributed by atoms with Gasteiger partial charge in [0, 0.05) is 35.0 Å². The van der Waals surface area contributed by atoms with Gasteiger partial charge in [-0.15, -0.1) is 0 Å². The van der Waals surface area contributed by atoms with Crippen LogP contribution in [-0.2, 0) is 6.42 Å². The number of pyridine rings is 1. The Kier molecular flexibility index (Phi) is 7.83. The van der Waals surface area contributed by atoms with E-state index in [1.165, 1.54) is 35.9 Å². The lowest BCUT2D eigenvalue weighted by molar-refractivity contribution is -0.384. The molecule has 3 atom stereocenters. The molecule has 4 N–H and O–H groups in total. The van der Waals surface area contributed by atoms with Gasteiger partial charge in [-0.3, -0.25) is 24.5 Å². The number of nitrogens with two attached hydrogens (primary N) is 1. The highest BCUT2D eigenvalue weighted by atomic mass is 79.9. The number of nitrogens with one attached hydrogen (secondary N) is 2. The van der Waals surface area contributed by atoms with E-state index in [2.05, 4.69) is 26.6 Å². The molecule has 0 spiro atoms. The molecular formula is C30H27BrFN5O5. The van der Waals surface area contributed by atoms with E-state index < -0.39 is 40.2 Å². The Morgan fingerprint density at radius 2 is 1.88 bits per heavy atom. The molecule has 0 bridgehead atoms. The van der Waals surface area contributed by atoms with Crippen molar-refractivity contribution >= 4 is 50.0 Å². The number of primary amides is 1. The number of benzene rings is 3. The number of fused-ring (bicyclic) bond motifs is 2. The zero-order valence-electron chi connectivity index (χ0n) is 22.7. The molecule has 216 valence electrons. The second-order valence-electron chi connectivity index (χ2n) is 10.1. The fraction of sp³-hybridized carbons (Fsp3) is 0.233. The first-order chi connectivity index (χ1) is 20.0. The van der Waals surface area contributed by atoms with Crippen LogP contribution in [0.25, 0.3) is 10.9 Å². The molecule has 2 amide bonds. The third-order valence-electron chi connectivity index (χ3n) is 7.82. The summed E-state index contributed by atoms with van der Waals surface area (Å²) in [6.45, 7) is 1.97. The van der Waals surface area contributed by atoms with Crippen LogP contribution in [0.3, 0.4) is 0 Å². The van der Waals surface area contributed by atoms with Crippen LogP contribution in [0.15, 0.2) is 69.9 Å². The average molecular weight is 636 g/mol. The first-order valence-corrected chi connectivity index (χ1v) is 14.0. The van der Waals surface area contributed by atoms with E-state index in [9.17, 15) is 28.9 Å². The molecule has 0 radical (unpaired) electrons. The lowest BCUT2D eigenvalue weighted by Crippen LogP contribution is -2.45. The summed E-state index contributed by atoms with van der Waals surface area (Å²) in [6, 6.07) is 14.1. The second kappa shape index (κ2) is 11.4. The summed E-state index contributed by atoms with van der Waals surface area (Å²) in [6.07, 6.45) is 0.932. The van der Waals surface area contributed by atoms with Crippen molar-refractivity contribution in [3.05, 3.63) is 114 Å². The SMILES string of the molecule is CCC1c2ccccc2C[C@@H](Nc2c(C(=O)NC)cc(Br)cc2[N+](=O)[O-])[C@H]1n1c(=O)cc(C(N)=O)c2cc(F)ccc21. The van der Waals surface area contributed by atoms with E-state index in [4.69, 9.17) is 5.73 Å². The van der Waals surface area contributed by atoms with Crippen molar-refractivity contribution in [2.75, 3.05) is 12.4 Å². The van der Waals surface area contributed by atoms with Gasteiger partial charge in [-0.2, -0.15) is 0 Å². The molecule has 10 nitrogen and oxygen atoms in total. The number of hydrogen-bond acceptors (Lipinski definition) is 6. The summed E-state index contributed by atoms with van der Waals surface area (Å²) in [7, 11) is 1.43. The summed E-state index contributed by atoms with van der Waals surface area (Å²) in [4.78, 5) is 50.6. The lowest BCUT2D eigenvalue weighted by Gasteiger charge is -2.42. The Morgan fingerprint density at radius 3 is 2.55 bits per heavy atom. The van der Waals surface area contributed by atoms with Crippen molar-refractivity contribution in [2.45, 2.75) is 37.8 Å². The van der Waals surface area contributed by atoms with Crippen LogP contribution in [0.1, 0.15) is 57.1 Å². The van der Waals surface area contributed by atoms with Crippen LogP contribution < -0.4 is 21.9 Å². The number of anilines is 1. The molecule has 1 aromatic heterocycles. The molecule has 3 aromatic carbocycles. The predicted octanol–water partition coefficient (Wildman–Crippen LogP) is 5.04. The summed E-state index contributed by atoms with van der Waals surface area (Å²) in [5.74, 6) is -2.28. The number of aromatic nitrogens is 1. The molecule has 12 heteroatoms. The highest BCUT2D eigenvalue weighted by Gasteiger charge is 2.40. The number of nitro groups is 1. The number of nitrogens with zero attached hydrogens (tertiary/aromatic N) is 2. The minimum atomic E-state index is -0.869. The Labute approximate surface area is 248 Å². The van der Waals surface area contributed by atoms with Crippen molar-refractivity contribution in [2.24, 2.45) is 5.73 Å². The van der Waals surface area contributed by atoms with E-state index in [1.54, 1.807) is 0 Å². The summed E-state index contributed by atoms with van der Waals surface area (Å²) >= 11 is 3.26. The number of carbonyl (C=O) groups is 2. The van der Waals surface area contributed by atoms with Gasteiger partial charge in [0.15, 0.2) is 0 Å². The molecule has 1 unspecified atom stereocenters. The van der Waals surface area contributed by atoms with E-state index in [1.807, 2.05) is 31.2 Å². The predicted molar refractivity (Wildman–Crippen MR) is 160 cm³/mol. The second-order valence-corrected chi connectivity index (χ2v) is 11.1. The lowest BCUT2D eigenvalue weighted by atomic mass is 9.74. The molecule has 1 heterocycles. The number of halogens is 2. The van der Waals surface area contributed by atoms with Gasteiger partial charge in [0.1, 0.15) is 11.5 Å². The average Bonchev–Trinajstić information content (AvgIpc) is 2.96. The zero-order valence-corrected chi connectivity index (χ0v) is 24.3. The Hall–Kier alpha value is -4.58.